The van der Waals surface area contributed by atoms with Crippen LogP contribution >= 0.6 is 0 Å². The first-order chi connectivity index (χ1) is 9.60. The molecule has 0 amide bonds. The highest BCUT2D eigenvalue weighted by atomic mass is 16.5. The lowest BCUT2D eigenvalue weighted by Crippen LogP contribution is -2.07. The zero-order valence-corrected chi connectivity index (χ0v) is 11.9. The number of nitrogens with two attached hydrogens (primary N) is 1. The molecule has 2 aromatic rings. The predicted molar refractivity (Wildman–Crippen MR) is 79.7 cm³/mol. The molecular weight excluding hydrogens is 254 g/mol. The quantitative estimate of drug-likeness (QED) is 0.840. The summed E-state index contributed by atoms with van der Waals surface area (Å²) in [5, 5.41) is 0. The molecule has 0 saturated heterocycles. The Morgan fingerprint density at radius 3 is 2.30 bits per heavy atom. The molecule has 0 saturated carbocycles. The average molecular weight is 273 g/mol. The van der Waals surface area contributed by atoms with Gasteiger partial charge in [0.05, 0.1) is 13.2 Å². The van der Waals surface area contributed by atoms with Crippen molar-refractivity contribution in [3.63, 3.8) is 0 Å². The summed E-state index contributed by atoms with van der Waals surface area (Å²) in [6, 6.07) is 12.8. The molecule has 0 fully saturated rings. The summed E-state index contributed by atoms with van der Waals surface area (Å²) in [6.07, 6.45) is 0.0596. The molecule has 0 bridgehead atoms. The number of benzene rings is 2. The number of ether oxygens (including phenoxy) is 3. The monoisotopic (exact) mass is 273 g/mol. The summed E-state index contributed by atoms with van der Waals surface area (Å²) < 4.78 is 16.6. The smallest absolute Gasteiger partial charge is 0.154 e. The maximum absolute atomic E-state index is 6.07. The number of methoxy groups -OCH3 is 1. The molecule has 0 spiro atoms. The highest BCUT2D eigenvalue weighted by Crippen LogP contribution is 2.35. The van der Waals surface area contributed by atoms with Gasteiger partial charge in [-0.1, -0.05) is 12.1 Å². The normalized spacial score (nSPS) is 10.4. The second-order valence-corrected chi connectivity index (χ2v) is 4.62. The predicted octanol–water partition coefficient (Wildman–Crippen LogP) is 3.86. The Hall–Kier alpha value is -2.36. The molecule has 0 aliphatic rings. The first-order valence-corrected chi connectivity index (χ1v) is 6.47. The van der Waals surface area contributed by atoms with E-state index in [9.17, 15) is 0 Å². The Balaban J connectivity index is 2.24. The van der Waals surface area contributed by atoms with Crippen LogP contribution in [0.15, 0.2) is 42.5 Å². The Morgan fingerprint density at radius 2 is 1.60 bits per heavy atom. The SMILES string of the molecule is COc1cccc(Oc2cccc(OC(C)C)c2N)c1. The lowest BCUT2D eigenvalue weighted by molar-refractivity contribution is 0.243. The molecule has 0 atom stereocenters. The summed E-state index contributed by atoms with van der Waals surface area (Å²) in [5.74, 6) is 2.59. The minimum absolute atomic E-state index is 0.0596. The molecule has 0 radical (unpaired) electrons. The average Bonchev–Trinajstić information content (AvgIpc) is 2.43. The molecule has 0 aliphatic carbocycles. The third-order valence-electron chi connectivity index (χ3n) is 2.66. The van der Waals surface area contributed by atoms with E-state index in [4.69, 9.17) is 19.9 Å². The zero-order chi connectivity index (χ0) is 14.5. The zero-order valence-electron chi connectivity index (χ0n) is 11.9. The molecule has 4 heteroatoms. The van der Waals surface area contributed by atoms with Crippen molar-refractivity contribution >= 4 is 5.69 Å². The topological polar surface area (TPSA) is 53.7 Å². The molecule has 0 aromatic heterocycles. The summed E-state index contributed by atoms with van der Waals surface area (Å²) in [5.41, 5.74) is 6.56. The highest BCUT2D eigenvalue weighted by molar-refractivity contribution is 5.63. The molecule has 0 unspecified atom stereocenters. The van der Waals surface area contributed by atoms with Crippen LogP contribution in [0.5, 0.6) is 23.0 Å². The number of rotatable bonds is 5. The van der Waals surface area contributed by atoms with Gasteiger partial charge in [0, 0.05) is 6.07 Å². The van der Waals surface area contributed by atoms with Gasteiger partial charge in [-0.3, -0.25) is 0 Å². The van der Waals surface area contributed by atoms with Gasteiger partial charge >= 0.3 is 0 Å². The van der Waals surface area contributed by atoms with Crippen LogP contribution in [0, 0.1) is 0 Å². The van der Waals surface area contributed by atoms with E-state index in [0.717, 1.165) is 5.75 Å². The van der Waals surface area contributed by atoms with Gasteiger partial charge in [-0.05, 0) is 38.1 Å². The van der Waals surface area contributed by atoms with E-state index in [1.54, 1.807) is 13.2 Å². The van der Waals surface area contributed by atoms with E-state index < -0.39 is 0 Å². The highest BCUT2D eigenvalue weighted by Gasteiger charge is 2.09. The number of nitrogen functional groups attached to an aromatic ring is 1. The van der Waals surface area contributed by atoms with Gasteiger partial charge in [-0.15, -0.1) is 0 Å². The largest absolute Gasteiger partial charge is 0.497 e. The second kappa shape index (κ2) is 6.19. The minimum atomic E-state index is 0.0596. The summed E-state index contributed by atoms with van der Waals surface area (Å²) in [4.78, 5) is 0. The Kier molecular flexibility index (Phi) is 4.35. The van der Waals surface area contributed by atoms with Crippen molar-refractivity contribution in [1.29, 1.82) is 0 Å². The molecule has 20 heavy (non-hydrogen) atoms. The van der Waals surface area contributed by atoms with Gasteiger partial charge in [-0.25, -0.2) is 0 Å². The molecule has 0 aliphatic heterocycles. The fourth-order valence-electron chi connectivity index (χ4n) is 1.76. The van der Waals surface area contributed by atoms with Crippen molar-refractivity contribution in [1.82, 2.24) is 0 Å². The lowest BCUT2D eigenvalue weighted by Gasteiger charge is -2.15. The minimum Gasteiger partial charge on any atom is -0.497 e. The first kappa shape index (κ1) is 14.1. The standard InChI is InChI=1S/C16H19NO3/c1-11(2)19-14-8-5-9-15(16(14)17)20-13-7-4-6-12(10-13)18-3/h4-11H,17H2,1-3H3. The van der Waals surface area contributed by atoms with Gasteiger partial charge in [0.25, 0.3) is 0 Å². The van der Waals surface area contributed by atoms with Crippen molar-refractivity contribution in [3.05, 3.63) is 42.5 Å². The van der Waals surface area contributed by atoms with E-state index >= 15 is 0 Å². The van der Waals surface area contributed by atoms with Crippen molar-refractivity contribution in [2.24, 2.45) is 0 Å². The maximum Gasteiger partial charge on any atom is 0.154 e. The Bertz CT molecular complexity index is 582. The molecule has 2 N–H and O–H groups in total. The van der Waals surface area contributed by atoms with Gasteiger partial charge in [-0.2, -0.15) is 0 Å². The van der Waals surface area contributed by atoms with Crippen molar-refractivity contribution in [2.45, 2.75) is 20.0 Å². The van der Waals surface area contributed by atoms with Gasteiger partial charge in [0.2, 0.25) is 0 Å². The number of hydrogen-bond acceptors (Lipinski definition) is 4. The Morgan fingerprint density at radius 1 is 0.950 bits per heavy atom. The fourth-order valence-corrected chi connectivity index (χ4v) is 1.76. The van der Waals surface area contributed by atoms with Crippen LogP contribution in [0.2, 0.25) is 0 Å². The van der Waals surface area contributed by atoms with Crippen LogP contribution in [-0.2, 0) is 0 Å². The lowest BCUT2D eigenvalue weighted by atomic mass is 10.2. The van der Waals surface area contributed by atoms with E-state index in [0.29, 0.717) is 22.9 Å². The maximum atomic E-state index is 6.07. The van der Waals surface area contributed by atoms with E-state index in [-0.39, 0.29) is 6.10 Å². The summed E-state index contributed by atoms with van der Waals surface area (Å²) >= 11 is 0. The number of para-hydroxylation sites is 1. The molecule has 2 rings (SSSR count). The van der Waals surface area contributed by atoms with Crippen LogP contribution in [0.4, 0.5) is 5.69 Å². The van der Waals surface area contributed by atoms with Gasteiger partial charge in [0.15, 0.2) is 5.75 Å². The van der Waals surface area contributed by atoms with Crippen molar-refractivity contribution in [2.75, 3.05) is 12.8 Å². The van der Waals surface area contributed by atoms with Crippen LogP contribution in [0.3, 0.4) is 0 Å². The second-order valence-electron chi connectivity index (χ2n) is 4.62. The van der Waals surface area contributed by atoms with Crippen LogP contribution in [0.25, 0.3) is 0 Å². The molecular formula is C16H19NO3. The fraction of sp³-hybridized carbons (Fsp3) is 0.250. The van der Waals surface area contributed by atoms with Crippen molar-refractivity contribution in [3.8, 4) is 23.0 Å². The van der Waals surface area contributed by atoms with Crippen molar-refractivity contribution < 1.29 is 14.2 Å². The third-order valence-corrected chi connectivity index (χ3v) is 2.66. The van der Waals surface area contributed by atoms with Crippen LogP contribution in [-0.4, -0.2) is 13.2 Å². The molecule has 4 nitrogen and oxygen atoms in total. The molecule has 0 heterocycles. The first-order valence-electron chi connectivity index (χ1n) is 6.47. The van der Waals surface area contributed by atoms with E-state index in [1.807, 2.05) is 50.2 Å². The molecule has 2 aromatic carbocycles. The van der Waals surface area contributed by atoms with Crippen LogP contribution < -0.4 is 19.9 Å². The van der Waals surface area contributed by atoms with E-state index in [2.05, 4.69) is 0 Å². The number of anilines is 1. The summed E-state index contributed by atoms with van der Waals surface area (Å²) in [7, 11) is 1.62. The van der Waals surface area contributed by atoms with Crippen LogP contribution in [0.1, 0.15) is 13.8 Å². The van der Waals surface area contributed by atoms with Gasteiger partial charge < -0.3 is 19.9 Å². The number of hydrogen-bond donors (Lipinski definition) is 1. The molecule has 106 valence electrons. The van der Waals surface area contributed by atoms with Gasteiger partial charge in [0.1, 0.15) is 22.9 Å². The van der Waals surface area contributed by atoms with E-state index in [1.165, 1.54) is 0 Å². The Labute approximate surface area is 119 Å². The summed E-state index contributed by atoms with van der Waals surface area (Å²) in [6.45, 7) is 3.91. The third kappa shape index (κ3) is 3.35.